The predicted octanol–water partition coefficient (Wildman–Crippen LogP) is 1.07. The van der Waals surface area contributed by atoms with E-state index in [4.69, 9.17) is 5.84 Å². The summed E-state index contributed by atoms with van der Waals surface area (Å²) in [5.74, 6) is 5.09. The summed E-state index contributed by atoms with van der Waals surface area (Å²) in [7, 11) is 0. The van der Waals surface area contributed by atoms with Gasteiger partial charge in [-0.2, -0.15) is 0 Å². The lowest BCUT2D eigenvalue weighted by molar-refractivity contribution is -0.129. The summed E-state index contributed by atoms with van der Waals surface area (Å²) in [6, 6.07) is 12.2. The van der Waals surface area contributed by atoms with Gasteiger partial charge in [0.1, 0.15) is 0 Å². The molecule has 1 aromatic heterocycles. The molecule has 0 saturated carbocycles. The lowest BCUT2D eigenvalue weighted by Crippen LogP contribution is -2.48. The molecule has 148 valence electrons. The number of aryl methyl sites for hydroxylation is 2. The number of nitrogens with two attached hydrogens (primary N) is 1. The van der Waals surface area contributed by atoms with Gasteiger partial charge in [0.15, 0.2) is 0 Å². The number of hydrazine groups is 1. The van der Waals surface area contributed by atoms with E-state index in [1.54, 1.807) is 6.92 Å². The van der Waals surface area contributed by atoms with Gasteiger partial charge in [0.25, 0.3) is 0 Å². The van der Waals surface area contributed by atoms with Gasteiger partial charge in [-0.3, -0.25) is 20.0 Å². The van der Waals surface area contributed by atoms with Crippen LogP contribution in [0.1, 0.15) is 23.7 Å². The number of piperazine rings is 1. The van der Waals surface area contributed by atoms with Crippen molar-refractivity contribution in [2.24, 2.45) is 5.84 Å². The Hall–Kier alpha value is -2.93. The van der Waals surface area contributed by atoms with Gasteiger partial charge >= 0.3 is 0 Å². The zero-order valence-corrected chi connectivity index (χ0v) is 16.2. The van der Waals surface area contributed by atoms with Crippen molar-refractivity contribution in [2.45, 2.75) is 26.2 Å². The Morgan fingerprint density at radius 1 is 1.07 bits per heavy atom. The van der Waals surface area contributed by atoms with Crippen molar-refractivity contribution in [3.63, 3.8) is 0 Å². The summed E-state index contributed by atoms with van der Waals surface area (Å²) in [4.78, 5) is 31.6. The van der Waals surface area contributed by atoms with Crippen molar-refractivity contribution in [1.82, 2.24) is 15.3 Å². The second-order valence-electron chi connectivity index (χ2n) is 7.07. The highest BCUT2D eigenvalue weighted by Gasteiger charge is 2.18. The van der Waals surface area contributed by atoms with Gasteiger partial charge in [0, 0.05) is 38.8 Å². The average molecular weight is 381 g/mol. The van der Waals surface area contributed by atoms with E-state index >= 15 is 0 Å². The highest BCUT2D eigenvalue weighted by molar-refractivity contribution is 5.77. The maximum atomic E-state index is 11.4. The van der Waals surface area contributed by atoms with Gasteiger partial charge < -0.3 is 9.80 Å². The van der Waals surface area contributed by atoms with Gasteiger partial charge in [0.2, 0.25) is 11.8 Å². The first-order chi connectivity index (χ1) is 13.5. The largest absolute Gasteiger partial charge is 0.367 e. The summed E-state index contributed by atoms with van der Waals surface area (Å²) in [6.45, 7) is 4.81. The third kappa shape index (κ3) is 5.29. The fraction of sp³-hybridized carbons (Fsp3) is 0.381. The molecule has 0 bridgehead atoms. The molecule has 1 aliphatic heterocycles. The van der Waals surface area contributed by atoms with E-state index in [-0.39, 0.29) is 18.2 Å². The highest BCUT2D eigenvalue weighted by Crippen LogP contribution is 2.17. The van der Waals surface area contributed by atoms with Crippen molar-refractivity contribution < 1.29 is 9.59 Å². The van der Waals surface area contributed by atoms with Crippen LogP contribution in [0.5, 0.6) is 0 Å². The van der Waals surface area contributed by atoms with E-state index in [0.29, 0.717) is 0 Å². The number of nitrogens with zero attached hydrogens (tertiary/aromatic N) is 3. The Bertz CT molecular complexity index is 814. The zero-order valence-electron chi connectivity index (χ0n) is 16.2. The number of hydrogen-bond acceptors (Lipinski definition) is 5. The molecular weight excluding hydrogens is 354 g/mol. The number of benzene rings is 1. The Kier molecular flexibility index (Phi) is 6.60. The minimum atomic E-state index is -0.196. The first kappa shape index (κ1) is 19.8. The molecule has 3 N–H and O–H groups in total. The van der Waals surface area contributed by atoms with Gasteiger partial charge in [-0.15, -0.1) is 0 Å². The number of pyridine rings is 1. The maximum Gasteiger partial charge on any atom is 0.238 e. The summed E-state index contributed by atoms with van der Waals surface area (Å²) >= 11 is 0. The fourth-order valence-corrected chi connectivity index (χ4v) is 3.44. The molecular formula is C21H27N5O2. The summed E-state index contributed by atoms with van der Waals surface area (Å²) in [5, 5.41) is 0. The van der Waals surface area contributed by atoms with Gasteiger partial charge in [-0.25, -0.2) is 5.84 Å². The number of carbonyl (C=O) groups is 2. The molecule has 1 fully saturated rings. The van der Waals surface area contributed by atoms with Crippen LogP contribution in [0.2, 0.25) is 0 Å². The smallest absolute Gasteiger partial charge is 0.238 e. The van der Waals surface area contributed by atoms with Crippen LogP contribution in [-0.4, -0.2) is 47.9 Å². The van der Waals surface area contributed by atoms with Crippen LogP contribution in [0.15, 0.2) is 42.6 Å². The van der Waals surface area contributed by atoms with Crippen LogP contribution in [0, 0.1) is 0 Å². The number of aromatic nitrogens is 1. The van der Waals surface area contributed by atoms with Crippen molar-refractivity contribution >= 4 is 17.5 Å². The van der Waals surface area contributed by atoms with E-state index < -0.39 is 0 Å². The highest BCUT2D eigenvalue weighted by atomic mass is 16.2. The molecule has 2 amide bonds. The van der Waals surface area contributed by atoms with Crippen molar-refractivity contribution in [2.75, 3.05) is 31.1 Å². The third-order valence-corrected chi connectivity index (χ3v) is 5.09. The predicted molar refractivity (Wildman–Crippen MR) is 109 cm³/mol. The standard InChI is InChI=1S/C21H27N5O2/c1-16(27)25-9-11-26(12-10-25)20-8-7-19(23-15-20)6-5-17-3-2-4-18(13-17)14-21(28)24-22/h2-4,7-8,13,15H,5-6,9-12,14,22H2,1H3,(H,24,28). The molecule has 1 saturated heterocycles. The Morgan fingerprint density at radius 3 is 2.46 bits per heavy atom. The Labute approximate surface area is 165 Å². The normalized spacial score (nSPS) is 14.1. The fourth-order valence-electron chi connectivity index (χ4n) is 3.44. The minimum absolute atomic E-state index is 0.140. The van der Waals surface area contributed by atoms with E-state index in [0.717, 1.165) is 56.0 Å². The molecule has 1 aromatic carbocycles. The molecule has 0 radical (unpaired) electrons. The van der Waals surface area contributed by atoms with Crippen molar-refractivity contribution in [3.05, 3.63) is 59.4 Å². The number of anilines is 1. The van der Waals surface area contributed by atoms with Gasteiger partial charge in [-0.1, -0.05) is 24.3 Å². The number of amides is 2. The van der Waals surface area contributed by atoms with E-state index in [1.807, 2.05) is 29.3 Å². The molecule has 7 heteroatoms. The molecule has 0 aliphatic carbocycles. The second kappa shape index (κ2) is 9.32. The van der Waals surface area contributed by atoms with Crippen LogP contribution in [0.3, 0.4) is 0 Å². The third-order valence-electron chi connectivity index (χ3n) is 5.09. The number of carbonyl (C=O) groups excluding carboxylic acids is 2. The monoisotopic (exact) mass is 381 g/mol. The van der Waals surface area contributed by atoms with Crippen LogP contribution in [-0.2, 0) is 28.9 Å². The van der Waals surface area contributed by atoms with Crippen molar-refractivity contribution in [3.8, 4) is 0 Å². The molecule has 0 atom stereocenters. The molecule has 28 heavy (non-hydrogen) atoms. The first-order valence-corrected chi connectivity index (χ1v) is 9.58. The SMILES string of the molecule is CC(=O)N1CCN(c2ccc(CCc3cccc(CC(=O)NN)c3)nc2)CC1. The molecule has 2 heterocycles. The Balaban J connectivity index is 1.53. The summed E-state index contributed by atoms with van der Waals surface area (Å²) in [6.07, 6.45) is 3.90. The average Bonchev–Trinajstić information content (AvgIpc) is 2.73. The zero-order chi connectivity index (χ0) is 19.9. The number of rotatable bonds is 6. The Morgan fingerprint density at radius 2 is 1.82 bits per heavy atom. The van der Waals surface area contributed by atoms with E-state index in [2.05, 4.69) is 33.5 Å². The van der Waals surface area contributed by atoms with Crippen LogP contribution < -0.4 is 16.2 Å². The quantitative estimate of drug-likeness (QED) is 0.444. The lowest BCUT2D eigenvalue weighted by Gasteiger charge is -2.35. The summed E-state index contributed by atoms with van der Waals surface area (Å²) in [5.41, 5.74) is 6.42. The number of nitrogens with one attached hydrogen (secondary N) is 1. The van der Waals surface area contributed by atoms with Crippen LogP contribution in [0.4, 0.5) is 5.69 Å². The minimum Gasteiger partial charge on any atom is -0.367 e. The first-order valence-electron chi connectivity index (χ1n) is 9.58. The van der Waals surface area contributed by atoms with E-state index in [1.165, 1.54) is 5.56 Å². The maximum absolute atomic E-state index is 11.4. The molecule has 3 rings (SSSR count). The molecule has 0 unspecified atom stereocenters. The molecule has 0 spiro atoms. The van der Waals surface area contributed by atoms with Crippen LogP contribution in [0.25, 0.3) is 0 Å². The molecule has 2 aromatic rings. The van der Waals surface area contributed by atoms with Crippen LogP contribution >= 0.6 is 0 Å². The summed E-state index contributed by atoms with van der Waals surface area (Å²) < 4.78 is 0. The van der Waals surface area contributed by atoms with Gasteiger partial charge in [-0.05, 0) is 36.1 Å². The lowest BCUT2D eigenvalue weighted by atomic mass is 10.0. The van der Waals surface area contributed by atoms with E-state index in [9.17, 15) is 9.59 Å². The molecule has 7 nitrogen and oxygen atoms in total. The van der Waals surface area contributed by atoms with Gasteiger partial charge in [0.05, 0.1) is 18.3 Å². The van der Waals surface area contributed by atoms with Crippen molar-refractivity contribution in [1.29, 1.82) is 0 Å². The topological polar surface area (TPSA) is 91.6 Å². The second-order valence-corrected chi connectivity index (χ2v) is 7.07. The molecule has 1 aliphatic rings. The number of hydrogen-bond donors (Lipinski definition) is 2.